The lowest BCUT2D eigenvalue weighted by Crippen LogP contribution is -2.22. The summed E-state index contributed by atoms with van der Waals surface area (Å²) in [6.45, 7) is 1.63. The number of halogens is 1. The van der Waals surface area contributed by atoms with Crippen molar-refractivity contribution in [1.82, 2.24) is 5.43 Å². The fraction of sp³-hybridized carbons (Fsp3) is 0.133. The molecule has 2 rings (SSSR count). The third-order valence-corrected chi connectivity index (χ3v) is 3.78. The predicted octanol–water partition coefficient (Wildman–Crippen LogP) is 3.29. The molecule has 0 saturated carbocycles. The monoisotopic (exact) mass is 335 g/mol. The van der Waals surface area contributed by atoms with Gasteiger partial charge in [0.1, 0.15) is 0 Å². The maximum atomic E-state index is 11.5. The van der Waals surface area contributed by atoms with Gasteiger partial charge in [-0.2, -0.15) is 5.10 Å². The van der Waals surface area contributed by atoms with E-state index in [2.05, 4.69) is 15.7 Å². The second-order valence-corrected chi connectivity index (χ2v) is 5.66. The van der Waals surface area contributed by atoms with Gasteiger partial charge < -0.3 is 4.84 Å². The van der Waals surface area contributed by atoms with Gasteiger partial charge >= 0.3 is 0 Å². The number of hydrogen-bond acceptors (Lipinski definition) is 5. The lowest BCUT2D eigenvalue weighted by Gasteiger charge is -2.00. The molecule has 0 bridgehead atoms. The van der Waals surface area contributed by atoms with Gasteiger partial charge in [-0.05, 0) is 36.1 Å². The number of nitrogens with one attached hydrogen (secondary N) is 1. The topological polar surface area (TPSA) is 63.0 Å². The highest BCUT2D eigenvalue weighted by atomic mass is 35.5. The molecule has 0 saturated heterocycles. The smallest absolute Gasteiger partial charge is 0.280 e. The zero-order chi connectivity index (χ0) is 15.8. The second kappa shape index (κ2) is 8.31. The first kappa shape index (κ1) is 16.2. The number of benzene rings is 1. The van der Waals surface area contributed by atoms with E-state index in [4.69, 9.17) is 16.4 Å². The van der Waals surface area contributed by atoms with Crippen molar-refractivity contribution >= 4 is 40.8 Å². The van der Waals surface area contributed by atoms with Gasteiger partial charge in [-0.25, -0.2) is 5.43 Å². The maximum absolute atomic E-state index is 11.5. The van der Waals surface area contributed by atoms with Crippen LogP contribution in [0.2, 0.25) is 5.02 Å². The summed E-state index contributed by atoms with van der Waals surface area (Å²) in [4.78, 5) is 17.5. The Morgan fingerprint density at radius 1 is 1.36 bits per heavy atom. The Labute approximate surface area is 137 Å². The van der Waals surface area contributed by atoms with Crippen LogP contribution in [0.1, 0.15) is 17.4 Å². The summed E-state index contributed by atoms with van der Waals surface area (Å²) in [5.41, 5.74) is 3.92. The van der Waals surface area contributed by atoms with Gasteiger partial charge in [0.25, 0.3) is 5.91 Å². The minimum absolute atomic E-state index is 0.194. The van der Waals surface area contributed by atoms with Gasteiger partial charge in [0.15, 0.2) is 6.61 Å². The summed E-state index contributed by atoms with van der Waals surface area (Å²) in [6, 6.07) is 10.9. The van der Waals surface area contributed by atoms with Gasteiger partial charge in [0.05, 0.1) is 16.8 Å². The van der Waals surface area contributed by atoms with Gasteiger partial charge in [-0.15, -0.1) is 11.3 Å². The van der Waals surface area contributed by atoms with Crippen molar-refractivity contribution < 1.29 is 9.63 Å². The lowest BCUT2D eigenvalue weighted by molar-refractivity contribution is -0.125. The average Bonchev–Trinajstić information content (AvgIpc) is 3.03. The number of rotatable bonds is 6. The molecule has 1 heterocycles. The van der Waals surface area contributed by atoms with Crippen molar-refractivity contribution in [3.63, 3.8) is 0 Å². The summed E-state index contributed by atoms with van der Waals surface area (Å²) < 4.78 is 0. The molecule has 0 spiro atoms. The molecule has 1 amide bonds. The van der Waals surface area contributed by atoms with E-state index >= 15 is 0 Å². The van der Waals surface area contributed by atoms with Crippen LogP contribution in [-0.2, 0) is 9.63 Å². The van der Waals surface area contributed by atoms with Gasteiger partial charge in [0.2, 0.25) is 0 Å². The Hall–Kier alpha value is -2.18. The number of carbonyl (C=O) groups is 1. The third kappa shape index (κ3) is 5.31. The van der Waals surface area contributed by atoms with E-state index in [1.54, 1.807) is 35.6 Å². The SMILES string of the molecule is C/C(=N\OCC(=O)N/N=C\c1ccc(Cl)cc1)c1cccs1. The molecule has 2 aromatic rings. The number of hydrogen-bond donors (Lipinski definition) is 1. The van der Waals surface area contributed by atoms with Crippen LogP contribution in [0.25, 0.3) is 0 Å². The van der Waals surface area contributed by atoms with Crippen LogP contribution in [0.5, 0.6) is 0 Å². The zero-order valence-corrected chi connectivity index (χ0v) is 13.4. The molecule has 0 aliphatic carbocycles. The van der Waals surface area contributed by atoms with E-state index in [9.17, 15) is 4.79 Å². The van der Waals surface area contributed by atoms with E-state index in [-0.39, 0.29) is 12.5 Å². The fourth-order valence-corrected chi connectivity index (χ4v) is 2.27. The van der Waals surface area contributed by atoms with Crippen molar-refractivity contribution in [2.24, 2.45) is 10.3 Å². The van der Waals surface area contributed by atoms with Crippen LogP contribution < -0.4 is 5.43 Å². The number of hydrazone groups is 1. The molecule has 0 aliphatic rings. The summed E-state index contributed by atoms with van der Waals surface area (Å²) in [5, 5.41) is 10.3. The molecular formula is C15H14ClN3O2S. The van der Waals surface area contributed by atoms with E-state index in [0.29, 0.717) is 5.02 Å². The van der Waals surface area contributed by atoms with Crippen LogP contribution in [-0.4, -0.2) is 24.4 Å². The summed E-state index contributed by atoms with van der Waals surface area (Å²) in [5.74, 6) is -0.382. The van der Waals surface area contributed by atoms with Crippen molar-refractivity contribution in [1.29, 1.82) is 0 Å². The minimum atomic E-state index is -0.382. The van der Waals surface area contributed by atoms with Crippen LogP contribution >= 0.6 is 22.9 Å². The summed E-state index contributed by atoms with van der Waals surface area (Å²) >= 11 is 7.33. The highest BCUT2D eigenvalue weighted by Gasteiger charge is 2.01. The van der Waals surface area contributed by atoms with Gasteiger partial charge in [0, 0.05) is 5.02 Å². The van der Waals surface area contributed by atoms with E-state index in [1.807, 2.05) is 24.4 Å². The molecule has 0 unspecified atom stereocenters. The van der Waals surface area contributed by atoms with E-state index < -0.39 is 0 Å². The maximum Gasteiger partial charge on any atom is 0.280 e. The first-order chi connectivity index (χ1) is 10.6. The first-order valence-electron chi connectivity index (χ1n) is 6.43. The lowest BCUT2D eigenvalue weighted by atomic mass is 10.2. The fourth-order valence-electron chi connectivity index (χ4n) is 1.48. The third-order valence-electron chi connectivity index (χ3n) is 2.55. The molecule has 0 radical (unpaired) electrons. The molecule has 0 fully saturated rings. The number of oxime groups is 1. The Balaban J connectivity index is 1.74. The van der Waals surface area contributed by atoms with Gasteiger partial charge in [-0.1, -0.05) is 35.0 Å². The average molecular weight is 336 g/mol. The van der Waals surface area contributed by atoms with Crippen LogP contribution in [0.3, 0.4) is 0 Å². The number of thiophene rings is 1. The molecule has 5 nitrogen and oxygen atoms in total. The molecule has 1 aromatic heterocycles. The molecule has 0 aliphatic heterocycles. The Morgan fingerprint density at radius 2 is 2.14 bits per heavy atom. The Kier molecular flexibility index (Phi) is 6.12. The number of carbonyl (C=O) groups excluding carboxylic acids is 1. The molecule has 7 heteroatoms. The summed E-state index contributed by atoms with van der Waals surface area (Å²) in [7, 11) is 0. The Morgan fingerprint density at radius 3 is 2.82 bits per heavy atom. The highest BCUT2D eigenvalue weighted by molar-refractivity contribution is 7.12. The Bertz CT molecular complexity index is 667. The minimum Gasteiger partial charge on any atom is -0.385 e. The molecule has 1 aromatic carbocycles. The molecule has 1 N–H and O–H groups in total. The zero-order valence-electron chi connectivity index (χ0n) is 11.8. The number of amides is 1. The normalized spacial score (nSPS) is 11.6. The standard InChI is InChI=1S/C15H14ClN3O2S/c1-11(14-3-2-8-22-14)19-21-10-15(20)18-17-9-12-4-6-13(16)7-5-12/h2-9H,10H2,1H3,(H,18,20)/b17-9-,19-11+. The predicted molar refractivity (Wildman–Crippen MR) is 89.7 cm³/mol. The second-order valence-electron chi connectivity index (χ2n) is 4.27. The number of nitrogens with zero attached hydrogens (tertiary/aromatic N) is 2. The van der Waals surface area contributed by atoms with Gasteiger partial charge in [-0.3, -0.25) is 4.79 Å². The van der Waals surface area contributed by atoms with Crippen LogP contribution in [0, 0.1) is 0 Å². The van der Waals surface area contributed by atoms with Crippen LogP contribution in [0.15, 0.2) is 52.0 Å². The van der Waals surface area contributed by atoms with E-state index in [1.165, 1.54) is 6.21 Å². The van der Waals surface area contributed by atoms with Crippen molar-refractivity contribution in [3.8, 4) is 0 Å². The van der Waals surface area contributed by atoms with Crippen molar-refractivity contribution in [2.75, 3.05) is 6.61 Å². The molecule has 22 heavy (non-hydrogen) atoms. The van der Waals surface area contributed by atoms with Crippen molar-refractivity contribution in [3.05, 3.63) is 57.2 Å². The molecular weight excluding hydrogens is 322 g/mol. The molecule has 114 valence electrons. The largest absolute Gasteiger partial charge is 0.385 e. The van der Waals surface area contributed by atoms with Crippen LogP contribution in [0.4, 0.5) is 0 Å². The van der Waals surface area contributed by atoms with E-state index in [0.717, 1.165) is 16.2 Å². The first-order valence-corrected chi connectivity index (χ1v) is 7.69. The van der Waals surface area contributed by atoms with Crippen molar-refractivity contribution in [2.45, 2.75) is 6.92 Å². The summed E-state index contributed by atoms with van der Waals surface area (Å²) in [6.07, 6.45) is 1.52. The molecule has 0 atom stereocenters. The highest BCUT2D eigenvalue weighted by Crippen LogP contribution is 2.10. The quantitative estimate of drug-likeness (QED) is 0.650.